The molecule has 2 aromatic heterocycles. The van der Waals surface area contributed by atoms with Crippen molar-refractivity contribution >= 4 is 45.2 Å². The molecule has 0 aliphatic heterocycles. The minimum Gasteiger partial charge on any atom is -0.481 e. The first kappa shape index (κ1) is 20.8. The van der Waals surface area contributed by atoms with Gasteiger partial charge in [-0.25, -0.2) is 4.98 Å². The number of hydrogen-bond acceptors (Lipinski definition) is 3. The Morgan fingerprint density at radius 2 is 2.13 bits per heavy atom. The molecule has 30 heavy (non-hydrogen) atoms. The van der Waals surface area contributed by atoms with E-state index in [1.54, 1.807) is 11.3 Å². The number of thiophene rings is 1. The van der Waals surface area contributed by atoms with E-state index in [1.165, 1.54) is 10.4 Å². The first-order chi connectivity index (χ1) is 14.4. The number of halogens is 1. The first-order valence-corrected chi connectivity index (χ1v) is 11.3. The number of aryl methyl sites for hydroxylation is 1. The lowest BCUT2D eigenvalue weighted by molar-refractivity contribution is -0.143. The number of aromatic nitrogens is 1. The van der Waals surface area contributed by atoms with Crippen LogP contribution >= 0.6 is 22.9 Å². The average molecular weight is 438 g/mol. The van der Waals surface area contributed by atoms with Crippen molar-refractivity contribution in [1.82, 2.24) is 4.98 Å². The molecule has 4 rings (SSSR count). The van der Waals surface area contributed by atoms with Crippen LogP contribution in [0.5, 0.6) is 0 Å². The number of hydrogen-bond donors (Lipinski definition) is 1. The van der Waals surface area contributed by atoms with Crippen LogP contribution in [0, 0.1) is 6.92 Å². The maximum absolute atomic E-state index is 12.6. The lowest BCUT2D eigenvalue weighted by Gasteiger charge is -2.29. The monoisotopic (exact) mass is 437 g/mol. The molecule has 0 radical (unpaired) electrons. The minimum absolute atomic E-state index is 0.538. The standard InChI is InChI=1S/C25H24ClNO2S/c1-4-13-25(3,24(28)29)22-15(2)27-23-21(18-11-6-5-7-12-19(18)30-23)20(22)16-9-8-10-17(26)14-16/h5-10,12,14H,4,11,13H2,1-3H3,(H,28,29). The van der Waals surface area contributed by atoms with Crippen molar-refractivity contribution in [2.75, 3.05) is 0 Å². The van der Waals surface area contributed by atoms with Gasteiger partial charge in [0.1, 0.15) is 4.83 Å². The molecule has 0 amide bonds. The SMILES string of the molecule is CCCC(C)(C(=O)O)c1c(C)nc2sc3c(c2c1-c1cccc(Cl)c1)CC=CC=C3. The van der Waals surface area contributed by atoms with Crippen LogP contribution in [-0.4, -0.2) is 16.1 Å². The second-order valence-electron chi connectivity index (χ2n) is 7.96. The van der Waals surface area contributed by atoms with Crippen molar-refractivity contribution in [2.24, 2.45) is 0 Å². The van der Waals surface area contributed by atoms with Gasteiger partial charge in [-0.05, 0) is 67.2 Å². The maximum Gasteiger partial charge on any atom is 0.313 e. The number of rotatable bonds is 5. The normalized spacial score (nSPS) is 15.1. The Hall–Kier alpha value is -2.43. The summed E-state index contributed by atoms with van der Waals surface area (Å²) in [4.78, 5) is 19.6. The Morgan fingerprint density at radius 3 is 2.83 bits per heavy atom. The third-order valence-corrected chi connectivity index (χ3v) is 7.18. The van der Waals surface area contributed by atoms with Crippen molar-refractivity contribution in [3.05, 3.63) is 69.2 Å². The van der Waals surface area contributed by atoms with E-state index in [2.05, 4.69) is 18.2 Å². The number of carboxylic acid groups (broad SMARTS) is 1. The largest absolute Gasteiger partial charge is 0.481 e. The second kappa shape index (κ2) is 8.01. The van der Waals surface area contributed by atoms with Crippen molar-refractivity contribution in [3.8, 4) is 11.1 Å². The molecular weight excluding hydrogens is 414 g/mol. The molecule has 3 nitrogen and oxygen atoms in total. The third kappa shape index (κ3) is 3.38. The van der Waals surface area contributed by atoms with Gasteiger partial charge in [0.2, 0.25) is 0 Å². The van der Waals surface area contributed by atoms with E-state index in [-0.39, 0.29) is 0 Å². The number of carbonyl (C=O) groups is 1. The quantitative estimate of drug-likeness (QED) is 0.459. The zero-order chi connectivity index (χ0) is 21.5. The Kier molecular flexibility index (Phi) is 5.56. The smallest absolute Gasteiger partial charge is 0.313 e. The van der Waals surface area contributed by atoms with Crippen LogP contribution in [-0.2, 0) is 16.6 Å². The summed E-state index contributed by atoms with van der Waals surface area (Å²) in [5.41, 5.74) is 3.63. The highest BCUT2D eigenvalue weighted by atomic mass is 35.5. The minimum atomic E-state index is -1.04. The van der Waals surface area contributed by atoms with Gasteiger partial charge in [0, 0.05) is 21.0 Å². The molecule has 0 saturated carbocycles. The summed E-state index contributed by atoms with van der Waals surface area (Å²) in [7, 11) is 0. The number of aliphatic carboxylic acids is 1. The summed E-state index contributed by atoms with van der Waals surface area (Å²) in [6.07, 6.45) is 10.4. The van der Waals surface area contributed by atoms with E-state index >= 15 is 0 Å². The first-order valence-electron chi connectivity index (χ1n) is 10.2. The molecule has 0 spiro atoms. The van der Waals surface area contributed by atoms with Gasteiger partial charge in [0.25, 0.3) is 0 Å². The lowest BCUT2D eigenvalue weighted by atomic mass is 9.73. The molecule has 0 bridgehead atoms. The number of pyridine rings is 1. The highest BCUT2D eigenvalue weighted by Gasteiger charge is 2.39. The van der Waals surface area contributed by atoms with Gasteiger partial charge < -0.3 is 5.11 Å². The van der Waals surface area contributed by atoms with Crippen molar-refractivity contribution in [2.45, 2.75) is 45.4 Å². The highest BCUT2D eigenvalue weighted by Crippen LogP contribution is 2.47. The fourth-order valence-electron chi connectivity index (χ4n) is 4.51. The predicted molar refractivity (Wildman–Crippen MR) is 127 cm³/mol. The molecule has 3 aromatic rings. The van der Waals surface area contributed by atoms with Gasteiger partial charge >= 0.3 is 5.97 Å². The van der Waals surface area contributed by atoms with Gasteiger partial charge in [-0.15, -0.1) is 11.3 Å². The Bertz CT molecular complexity index is 1210. The fraction of sp³-hybridized carbons (Fsp3) is 0.280. The van der Waals surface area contributed by atoms with E-state index in [0.29, 0.717) is 11.4 Å². The molecule has 0 saturated heterocycles. The topological polar surface area (TPSA) is 50.2 Å². The van der Waals surface area contributed by atoms with Crippen molar-refractivity contribution in [1.29, 1.82) is 0 Å². The number of fused-ring (bicyclic) bond motifs is 3. The number of benzene rings is 1. The summed E-state index contributed by atoms with van der Waals surface area (Å²) < 4.78 is 0. The summed E-state index contributed by atoms with van der Waals surface area (Å²) in [6, 6.07) is 7.72. The zero-order valence-electron chi connectivity index (χ0n) is 17.3. The molecule has 2 heterocycles. The molecule has 5 heteroatoms. The van der Waals surface area contributed by atoms with Crippen LogP contribution in [0.3, 0.4) is 0 Å². The van der Waals surface area contributed by atoms with Crippen LogP contribution in [0.15, 0.2) is 42.5 Å². The number of carboxylic acids is 1. The maximum atomic E-state index is 12.6. The van der Waals surface area contributed by atoms with Crippen LogP contribution in [0.2, 0.25) is 5.02 Å². The summed E-state index contributed by atoms with van der Waals surface area (Å²) in [5.74, 6) is -0.821. The molecule has 1 unspecified atom stereocenters. The highest BCUT2D eigenvalue weighted by molar-refractivity contribution is 7.19. The number of nitrogens with zero attached hydrogens (tertiary/aromatic N) is 1. The molecule has 1 atom stereocenters. The van der Waals surface area contributed by atoms with Crippen LogP contribution in [0.4, 0.5) is 0 Å². The van der Waals surface area contributed by atoms with E-state index < -0.39 is 11.4 Å². The van der Waals surface area contributed by atoms with E-state index in [1.807, 2.05) is 51.1 Å². The molecule has 0 fully saturated rings. The summed E-state index contributed by atoms with van der Waals surface area (Å²) >= 11 is 8.03. The predicted octanol–water partition coefficient (Wildman–Crippen LogP) is 7.19. The molecule has 1 aromatic carbocycles. The van der Waals surface area contributed by atoms with E-state index in [4.69, 9.17) is 16.6 Å². The Labute approximate surface area is 185 Å². The van der Waals surface area contributed by atoms with Crippen molar-refractivity contribution in [3.63, 3.8) is 0 Å². The summed E-state index contributed by atoms with van der Waals surface area (Å²) in [6.45, 7) is 5.78. The van der Waals surface area contributed by atoms with Crippen LogP contribution in [0.25, 0.3) is 27.4 Å². The molecule has 154 valence electrons. The second-order valence-corrected chi connectivity index (χ2v) is 9.43. The zero-order valence-corrected chi connectivity index (χ0v) is 18.9. The molecular formula is C25H24ClNO2S. The van der Waals surface area contributed by atoms with Gasteiger partial charge in [-0.2, -0.15) is 0 Å². The summed E-state index contributed by atoms with van der Waals surface area (Å²) in [5, 5.41) is 12.0. The lowest BCUT2D eigenvalue weighted by Crippen LogP contribution is -2.34. The molecule has 1 aliphatic rings. The van der Waals surface area contributed by atoms with Gasteiger partial charge in [-0.1, -0.05) is 55.3 Å². The van der Waals surface area contributed by atoms with Crippen molar-refractivity contribution < 1.29 is 9.90 Å². The average Bonchev–Trinajstić information content (AvgIpc) is 2.87. The third-order valence-electron chi connectivity index (χ3n) is 5.85. The van der Waals surface area contributed by atoms with Gasteiger partial charge in [0.15, 0.2) is 0 Å². The van der Waals surface area contributed by atoms with Gasteiger partial charge in [-0.3, -0.25) is 4.79 Å². The van der Waals surface area contributed by atoms with Gasteiger partial charge in [0.05, 0.1) is 5.41 Å². The Morgan fingerprint density at radius 1 is 1.33 bits per heavy atom. The van der Waals surface area contributed by atoms with Crippen LogP contribution in [0.1, 0.15) is 48.4 Å². The molecule has 1 aliphatic carbocycles. The fourth-order valence-corrected chi connectivity index (χ4v) is 5.87. The van der Waals surface area contributed by atoms with Crippen LogP contribution < -0.4 is 0 Å². The molecule has 1 N–H and O–H groups in total. The number of allylic oxidation sites excluding steroid dienone is 3. The van der Waals surface area contributed by atoms with E-state index in [9.17, 15) is 9.90 Å². The Balaban J connectivity index is 2.19. The van der Waals surface area contributed by atoms with E-state index in [0.717, 1.165) is 45.4 Å².